The Bertz CT molecular complexity index is 426. The third kappa shape index (κ3) is 3.46. The Hall–Kier alpha value is -1.55. The number of benzene rings is 1. The average Bonchev–Trinajstić information content (AvgIpc) is 2.27. The van der Waals surface area contributed by atoms with E-state index in [9.17, 15) is 9.59 Å². The second kappa shape index (κ2) is 5.19. The SMILES string of the molecule is CC(C)(C(=O)O)C(=O)NCc1ccc(Cl)cc1. The first-order chi connectivity index (χ1) is 7.84. The van der Waals surface area contributed by atoms with Crippen molar-refractivity contribution >= 4 is 23.5 Å². The number of carboxylic acids is 1. The van der Waals surface area contributed by atoms with Crippen LogP contribution in [0.15, 0.2) is 24.3 Å². The molecule has 0 fully saturated rings. The predicted molar refractivity (Wildman–Crippen MR) is 64.7 cm³/mol. The van der Waals surface area contributed by atoms with E-state index in [4.69, 9.17) is 16.7 Å². The molecule has 0 aromatic heterocycles. The van der Waals surface area contributed by atoms with Gasteiger partial charge in [-0.1, -0.05) is 23.7 Å². The van der Waals surface area contributed by atoms with Crippen molar-refractivity contribution in [3.63, 3.8) is 0 Å². The number of amides is 1. The molecule has 1 rings (SSSR count). The predicted octanol–water partition coefficient (Wildman–Crippen LogP) is 2.07. The number of carboxylic acid groups (broad SMARTS) is 1. The van der Waals surface area contributed by atoms with Crippen LogP contribution in [0.5, 0.6) is 0 Å². The molecule has 0 radical (unpaired) electrons. The van der Waals surface area contributed by atoms with Crippen molar-refractivity contribution in [2.45, 2.75) is 20.4 Å². The van der Waals surface area contributed by atoms with Crippen molar-refractivity contribution in [3.05, 3.63) is 34.9 Å². The fourth-order valence-electron chi connectivity index (χ4n) is 1.10. The molecule has 0 heterocycles. The lowest BCUT2D eigenvalue weighted by molar-refractivity contribution is -0.153. The van der Waals surface area contributed by atoms with Gasteiger partial charge < -0.3 is 10.4 Å². The minimum atomic E-state index is -1.42. The van der Waals surface area contributed by atoms with E-state index in [1.165, 1.54) is 13.8 Å². The van der Waals surface area contributed by atoms with Crippen LogP contribution in [0.25, 0.3) is 0 Å². The van der Waals surface area contributed by atoms with Gasteiger partial charge in [-0.2, -0.15) is 0 Å². The molecule has 17 heavy (non-hydrogen) atoms. The van der Waals surface area contributed by atoms with Crippen LogP contribution in [-0.4, -0.2) is 17.0 Å². The molecule has 5 heteroatoms. The lowest BCUT2D eigenvalue weighted by Crippen LogP contribution is -2.41. The smallest absolute Gasteiger partial charge is 0.318 e. The van der Waals surface area contributed by atoms with Gasteiger partial charge in [0.05, 0.1) is 0 Å². The molecule has 0 aliphatic heterocycles. The summed E-state index contributed by atoms with van der Waals surface area (Å²) >= 11 is 5.72. The first kappa shape index (κ1) is 13.5. The summed E-state index contributed by atoms with van der Waals surface area (Å²) in [7, 11) is 0. The molecular weight excluding hydrogens is 242 g/mol. The van der Waals surface area contributed by atoms with Crippen molar-refractivity contribution in [2.24, 2.45) is 5.41 Å². The summed E-state index contributed by atoms with van der Waals surface area (Å²) in [6.45, 7) is 3.02. The molecule has 0 unspecified atom stereocenters. The van der Waals surface area contributed by atoms with Gasteiger partial charge in [0.25, 0.3) is 0 Å². The monoisotopic (exact) mass is 255 g/mol. The summed E-state index contributed by atoms with van der Waals surface area (Å²) < 4.78 is 0. The highest BCUT2D eigenvalue weighted by atomic mass is 35.5. The maximum absolute atomic E-state index is 11.6. The molecule has 2 N–H and O–H groups in total. The second-order valence-electron chi connectivity index (χ2n) is 4.24. The van der Waals surface area contributed by atoms with Gasteiger partial charge in [-0.25, -0.2) is 0 Å². The topological polar surface area (TPSA) is 66.4 Å². The summed E-state index contributed by atoms with van der Waals surface area (Å²) in [6.07, 6.45) is 0. The Balaban J connectivity index is 2.60. The number of halogens is 1. The molecule has 4 nitrogen and oxygen atoms in total. The number of hydrogen-bond donors (Lipinski definition) is 2. The van der Waals surface area contributed by atoms with Crippen LogP contribution in [0.2, 0.25) is 5.02 Å². The van der Waals surface area contributed by atoms with Crippen molar-refractivity contribution < 1.29 is 14.7 Å². The maximum atomic E-state index is 11.6. The van der Waals surface area contributed by atoms with E-state index < -0.39 is 17.3 Å². The molecule has 1 amide bonds. The van der Waals surface area contributed by atoms with Crippen molar-refractivity contribution in [1.82, 2.24) is 5.32 Å². The zero-order valence-corrected chi connectivity index (χ0v) is 10.4. The minimum Gasteiger partial charge on any atom is -0.480 e. The highest BCUT2D eigenvalue weighted by molar-refractivity contribution is 6.30. The van der Waals surface area contributed by atoms with Crippen molar-refractivity contribution in [3.8, 4) is 0 Å². The van der Waals surface area contributed by atoms with Gasteiger partial charge in [0.1, 0.15) is 5.41 Å². The van der Waals surface area contributed by atoms with Crippen molar-refractivity contribution in [1.29, 1.82) is 0 Å². The molecule has 0 bridgehead atoms. The van der Waals surface area contributed by atoms with E-state index in [0.717, 1.165) is 5.56 Å². The fourth-order valence-corrected chi connectivity index (χ4v) is 1.23. The number of aliphatic carboxylic acids is 1. The number of rotatable bonds is 4. The van der Waals surface area contributed by atoms with Crippen LogP contribution in [-0.2, 0) is 16.1 Å². The van der Waals surface area contributed by atoms with Gasteiger partial charge >= 0.3 is 5.97 Å². The largest absolute Gasteiger partial charge is 0.480 e. The van der Waals surface area contributed by atoms with Gasteiger partial charge in [0.2, 0.25) is 5.91 Å². The lowest BCUT2D eigenvalue weighted by atomic mass is 9.92. The molecule has 0 saturated carbocycles. The molecule has 0 spiro atoms. The van der Waals surface area contributed by atoms with E-state index in [0.29, 0.717) is 5.02 Å². The lowest BCUT2D eigenvalue weighted by Gasteiger charge is -2.18. The zero-order chi connectivity index (χ0) is 13.1. The van der Waals surface area contributed by atoms with E-state index in [2.05, 4.69) is 5.32 Å². The Labute approximate surface area is 105 Å². The number of carbonyl (C=O) groups is 2. The highest BCUT2D eigenvalue weighted by Crippen LogP contribution is 2.15. The summed E-state index contributed by atoms with van der Waals surface area (Å²) in [5, 5.41) is 12.1. The molecule has 1 aromatic carbocycles. The summed E-state index contributed by atoms with van der Waals surface area (Å²) in [6, 6.07) is 6.98. The first-order valence-corrected chi connectivity index (χ1v) is 5.48. The molecule has 1 aromatic rings. The molecule has 92 valence electrons. The number of hydrogen-bond acceptors (Lipinski definition) is 2. The molecule has 0 aliphatic rings. The fraction of sp³-hybridized carbons (Fsp3) is 0.333. The van der Waals surface area contributed by atoms with Crippen LogP contribution < -0.4 is 5.32 Å². The summed E-state index contributed by atoms with van der Waals surface area (Å²) in [5.41, 5.74) is -0.559. The molecule has 0 atom stereocenters. The van der Waals surface area contributed by atoms with Gasteiger partial charge in [0, 0.05) is 11.6 Å². The minimum absolute atomic E-state index is 0.284. The van der Waals surface area contributed by atoms with Gasteiger partial charge in [-0.3, -0.25) is 9.59 Å². The standard InChI is InChI=1S/C12H14ClNO3/c1-12(2,11(16)17)10(15)14-7-8-3-5-9(13)6-4-8/h3-6H,7H2,1-2H3,(H,14,15)(H,16,17). The summed E-state index contributed by atoms with van der Waals surface area (Å²) in [4.78, 5) is 22.5. The maximum Gasteiger partial charge on any atom is 0.318 e. The number of nitrogens with one attached hydrogen (secondary N) is 1. The van der Waals surface area contributed by atoms with Crippen LogP contribution in [0.4, 0.5) is 0 Å². The van der Waals surface area contributed by atoms with Crippen molar-refractivity contribution in [2.75, 3.05) is 0 Å². The van der Waals surface area contributed by atoms with E-state index in [1.54, 1.807) is 24.3 Å². The van der Waals surface area contributed by atoms with Gasteiger partial charge in [0.15, 0.2) is 0 Å². The molecule has 0 saturated heterocycles. The normalized spacial score (nSPS) is 11.0. The molecule has 0 aliphatic carbocycles. The summed E-state index contributed by atoms with van der Waals surface area (Å²) in [5.74, 6) is -1.66. The van der Waals surface area contributed by atoms with Gasteiger partial charge in [-0.15, -0.1) is 0 Å². The zero-order valence-electron chi connectivity index (χ0n) is 9.66. The third-order valence-corrected chi connectivity index (χ3v) is 2.72. The molecular formula is C12H14ClNO3. The van der Waals surface area contributed by atoms with E-state index >= 15 is 0 Å². The Morgan fingerprint density at radius 3 is 2.29 bits per heavy atom. The highest BCUT2D eigenvalue weighted by Gasteiger charge is 2.35. The first-order valence-electron chi connectivity index (χ1n) is 5.10. The Morgan fingerprint density at radius 1 is 1.29 bits per heavy atom. The third-order valence-electron chi connectivity index (χ3n) is 2.47. The van der Waals surface area contributed by atoms with E-state index in [1.807, 2.05) is 0 Å². The van der Waals surface area contributed by atoms with Crippen LogP contribution in [0, 0.1) is 5.41 Å². The van der Waals surface area contributed by atoms with Crippen LogP contribution in [0.1, 0.15) is 19.4 Å². The van der Waals surface area contributed by atoms with E-state index in [-0.39, 0.29) is 6.54 Å². The second-order valence-corrected chi connectivity index (χ2v) is 4.68. The Kier molecular flexibility index (Phi) is 4.12. The van der Waals surface area contributed by atoms with Gasteiger partial charge in [-0.05, 0) is 31.5 Å². The Morgan fingerprint density at radius 2 is 1.82 bits per heavy atom. The average molecular weight is 256 g/mol. The van der Waals surface area contributed by atoms with Crippen LogP contribution in [0.3, 0.4) is 0 Å². The number of carbonyl (C=O) groups excluding carboxylic acids is 1. The van der Waals surface area contributed by atoms with Crippen LogP contribution >= 0.6 is 11.6 Å². The quantitative estimate of drug-likeness (QED) is 0.810.